The smallest absolute Gasteiger partial charge is 0.307 e. The van der Waals surface area contributed by atoms with Crippen molar-refractivity contribution in [3.05, 3.63) is 52.1 Å². The van der Waals surface area contributed by atoms with Crippen LogP contribution in [-0.2, 0) is 11.8 Å². The van der Waals surface area contributed by atoms with Gasteiger partial charge in [-0.1, -0.05) is 24.3 Å². The first kappa shape index (κ1) is 18.0. The van der Waals surface area contributed by atoms with Crippen LogP contribution in [-0.4, -0.2) is 23.7 Å². The van der Waals surface area contributed by atoms with Crippen molar-refractivity contribution in [2.24, 2.45) is 7.05 Å². The number of thiazole rings is 1. The molecule has 0 radical (unpaired) electrons. The zero-order chi connectivity index (χ0) is 18.7. The standard InChI is InChI=1S/C19H20N2O4S/c1-4-16(25-14-7-5-6-13(11-14)24-3)18(22)20-12-8-9-15-17(10-12)26-19(23)21(15)2/h5-11,16H,4H2,1-3H3,(H,20,22)/t16-/m1/s1. The maximum Gasteiger partial charge on any atom is 0.307 e. The Hall–Kier alpha value is -2.80. The molecule has 3 aromatic rings. The van der Waals surface area contributed by atoms with E-state index >= 15 is 0 Å². The Labute approximate surface area is 155 Å². The van der Waals surface area contributed by atoms with Gasteiger partial charge in [-0.25, -0.2) is 0 Å². The average Bonchev–Trinajstić information content (AvgIpc) is 2.93. The number of benzene rings is 2. The lowest BCUT2D eigenvalue weighted by Gasteiger charge is -2.17. The topological polar surface area (TPSA) is 69.6 Å². The van der Waals surface area contributed by atoms with Crippen molar-refractivity contribution in [2.45, 2.75) is 19.4 Å². The average molecular weight is 372 g/mol. The largest absolute Gasteiger partial charge is 0.497 e. The van der Waals surface area contributed by atoms with E-state index < -0.39 is 6.10 Å². The van der Waals surface area contributed by atoms with Crippen molar-refractivity contribution < 1.29 is 14.3 Å². The molecule has 0 bridgehead atoms. The minimum absolute atomic E-state index is 0.0312. The molecule has 26 heavy (non-hydrogen) atoms. The van der Waals surface area contributed by atoms with E-state index in [-0.39, 0.29) is 10.8 Å². The Bertz CT molecular complexity index is 993. The summed E-state index contributed by atoms with van der Waals surface area (Å²) in [4.78, 5) is 24.3. The normalized spacial score (nSPS) is 12.0. The number of ether oxygens (including phenoxy) is 2. The number of nitrogens with zero attached hydrogens (tertiary/aromatic N) is 1. The summed E-state index contributed by atoms with van der Waals surface area (Å²) < 4.78 is 13.4. The van der Waals surface area contributed by atoms with Crippen LogP contribution in [0.5, 0.6) is 11.5 Å². The van der Waals surface area contributed by atoms with E-state index in [1.54, 1.807) is 43.0 Å². The second-order valence-electron chi connectivity index (χ2n) is 5.79. The number of methoxy groups -OCH3 is 1. The van der Waals surface area contributed by atoms with E-state index in [0.29, 0.717) is 23.6 Å². The second kappa shape index (κ2) is 7.61. The molecule has 1 heterocycles. The fraction of sp³-hybridized carbons (Fsp3) is 0.263. The summed E-state index contributed by atoms with van der Waals surface area (Å²) in [6, 6.07) is 12.6. The van der Waals surface area contributed by atoms with E-state index in [2.05, 4.69) is 5.32 Å². The van der Waals surface area contributed by atoms with Crippen LogP contribution in [0.3, 0.4) is 0 Å². The SMILES string of the molecule is CC[C@@H](Oc1cccc(OC)c1)C(=O)Nc1ccc2c(c1)sc(=O)n2C. The highest BCUT2D eigenvalue weighted by Crippen LogP contribution is 2.23. The molecule has 136 valence electrons. The highest BCUT2D eigenvalue weighted by atomic mass is 32.1. The van der Waals surface area contributed by atoms with Gasteiger partial charge in [0.05, 0.1) is 17.3 Å². The first-order valence-electron chi connectivity index (χ1n) is 8.23. The molecule has 7 heteroatoms. The Morgan fingerprint density at radius 2 is 2.00 bits per heavy atom. The third kappa shape index (κ3) is 3.72. The number of aromatic nitrogens is 1. The Balaban J connectivity index is 1.75. The van der Waals surface area contributed by atoms with Crippen molar-refractivity contribution in [3.8, 4) is 11.5 Å². The molecule has 0 fully saturated rings. The Kier molecular flexibility index (Phi) is 5.27. The molecule has 1 atom stereocenters. The van der Waals surface area contributed by atoms with Crippen LogP contribution in [0, 0.1) is 0 Å². The molecule has 0 saturated carbocycles. The van der Waals surface area contributed by atoms with Crippen molar-refractivity contribution in [3.63, 3.8) is 0 Å². The maximum absolute atomic E-state index is 12.6. The summed E-state index contributed by atoms with van der Waals surface area (Å²) >= 11 is 1.15. The summed E-state index contributed by atoms with van der Waals surface area (Å²) in [6.45, 7) is 1.89. The summed E-state index contributed by atoms with van der Waals surface area (Å²) in [5.74, 6) is 1.00. The highest BCUT2D eigenvalue weighted by molar-refractivity contribution is 7.16. The number of carbonyl (C=O) groups excluding carboxylic acids is 1. The van der Waals surface area contributed by atoms with E-state index in [1.165, 1.54) is 0 Å². The van der Waals surface area contributed by atoms with Crippen LogP contribution in [0.1, 0.15) is 13.3 Å². The van der Waals surface area contributed by atoms with Gasteiger partial charge in [0.2, 0.25) is 0 Å². The fourth-order valence-corrected chi connectivity index (χ4v) is 3.51. The van der Waals surface area contributed by atoms with Crippen molar-refractivity contribution in [2.75, 3.05) is 12.4 Å². The van der Waals surface area contributed by atoms with Crippen LogP contribution in [0.15, 0.2) is 47.3 Å². The van der Waals surface area contributed by atoms with Crippen LogP contribution in [0.4, 0.5) is 5.69 Å². The van der Waals surface area contributed by atoms with Gasteiger partial charge >= 0.3 is 4.87 Å². The number of rotatable bonds is 6. The molecule has 1 N–H and O–H groups in total. The second-order valence-corrected chi connectivity index (χ2v) is 6.79. The number of fused-ring (bicyclic) bond motifs is 1. The Morgan fingerprint density at radius 1 is 1.23 bits per heavy atom. The highest BCUT2D eigenvalue weighted by Gasteiger charge is 2.19. The summed E-state index contributed by atoms with van der Waals surface area (Å²) in [6.07, 6.45) is -0.114. The Morgan fingerprint density at radius 3 is 2.73 bits per heavy atom. The van der Waals surface area contributed by atoms with Gasteiger partial charge in [0.15, 0.2) is 6.10 Å². The van der Waals surface area contributed by atoms with Crippen LogP contribution in [0.25, 0.3) is 10.2 Å². The van der Waals surface area contributed by atoms with Gasteiger partial charge in [0, 0.05) is 18.8 Å². The quantitative estimate of drug-likeness (QED) is 0.720. The summed E-state index contributed by atoms with van der Waals surface area (Å²) in [7, 11) is 3.31. The molecule has 2 aromatic carbocycles. The van der Waals surface area contributed by atoms with Gasteiger partial charge in [-0.05, 0) is 36.8 Å². The van der Waals surface area contributed by atoms with Gasteiger partial charge in [-0.2, -0.15) is 0 Å². The lowest BCUT2D eigenvalue weighted by Crippen LogP contribution is -2.32. The summed E-state index contributed by atoms with van der Waals surface area (Å²) in [5.41, 5.74) is 1.48. The first-order chi connectivity index (χ1) is 12.5. The zero-order valence-corrected chi connectivity index (χ0v) is 15.6. The predicted octanol–water partition coefficient (Wildman–Crippen LogP) is 3.40. The van der Waals surface area contributed by atoms with Crippen molar-refractivity contribution in [1.82, 2.24) is 4.57 Å². The van der Waals surface area contributed by atoms with Crippen LogP contribution in [0.2, 0.25) is 0 Å². The number of amides is 1. The third-order valence-electron chi connectivity index (χ3n) is 4.04. The molecule has 0 aliphatic heterocycles. The molecule has 0 aliphatic rings. The van der Waals surface area contributed by atoms with E-state index in [9.17, 15) is 9.59 Å². The first-order valence-corrected chi connectivity index (χ1v) is 9.04. The third-order valence-corrected chi connectivity index (χ3v) is 5.04. The number of nitrogens with one attached hydrogen (secondary N) is 1. The minimum Gasteiger partial charge on any atom is -0.497 e. The number of hydrogen-bond acceptors (Lipinski definition) is 5. The predicted molar refractivity (Wildman–Crippen MR) is 103 cm³/mol. The van der Waals surface area contributed by atoms with Crippen LogP contribution < -0.4 is 19.7 Å². The van der Waals surface area contributed by atoms with Crippen LogP contribution >= 0.6 is 11.3 Å². The molecule has 0 unspecified atom stereocenters. The molecule has 3 rings (SSSR count). The number of hydrogen-bond donors (Lipinski definition) is 1. The molecule has 0 spiro atoms. The van der Waals surface area contributed by atoms with E-state index in [0.717, 1.165) is 21.6 Å². The fourth-order valence-electron chi connectivity index (χ4n) is 2.60. The van der Waals surface area contributed by atoms with Gasteiger partial charge in [-0.15, -0.1) is 0 Å². The van der Waals surface area contributed by atoms with Crippen molar-refractivity contribution >= 4 is 33.1 Å². The molecular formula is C19H20N2O4S. The molecule has 1 aromatic heterocycles. The molecule has 0 saturated heterocycles. The van der Waals surface area contributed by atoms with E-state index in [1.807, 2.05) is 25.1 Å². The number of aryl methyl sites for hydroxylation is 1. The monoisotopic (exact) mass is 372 g/mol. The van der Waals surface area contributed by atoms with Gasteiger partial charge in [-0.3, -0.25) is 9.59 Å². The lowest BCUT2D eigenvalue weighted by molar-refractivity contribution is -0.122. The minimum atomic E-state index is -0.632. The molecular weight excluding hydrogens is 352 g/mol. The van der Waals surface area contributed by atoms with Gasteiger partial charge in [0.25, 0.3) is 5.91 Å². The molecule has 0 aliphatic carbocycles. The molecule has 1 amide bonds. The lowest BCUT2D eigenvalue weighted by atomic mass is 10.2. The maximum atomic E-state index is 12.6. The molecule has 6 nitrogen and oxygen atoms in total. The number of anilines is 1. The van der Waals surface area contributed by atoms with Gasteiger partial charge in [0.1, 0.15) is 11.5 Å². The van der Waals surface area contributed by atoms with Crippen molar-refractivity contribution in [1.29, 1.82) is 0 Å². The van der Waals surface area contributed by atoms with E-state index in [4.69, 9.17) is 9.47 Å². The van der Waals surface area contributed by atoms with Gasteiger partial charge < -0.3 is 19.4 Å². The summed E-state index contributed by atoms with van der Waals surface area (Å²) in [5, 5.41) is 2.86. The number of carbonyl (C=O) groups is 1. The zero-order valence-electron chi connectivity index (χ0n) is 14.8.